The van der Waals surface area contributed by atoms with Crippen molar-refractivity contribution in [3.8, 4) is 0 Å². The molecule has 0 amide bonds. The molecular formula is C25H18O2S. The molecule has 3 heteroatoms. The third-order valence-electron chi connectivity index (χ3n) is 5.13. The van der Waals surface area contributed by atoms with Crippen molar-refractivity contribution >= 4 is 28.5 Å². The van der Waals surface area contributed by atoms with Gasteiger partial charge in [-0.15, -0.1) is 11.8 Å². The Morgan fingerprint density at radius 2 is 1.36 bits per heavy atom. The third-order valence-corrected chi connectivity index (χ3v) is 6.43. The predicted octanol–water partition coefficient (Wildman–Crippen LogP) is 6.58. The van der Waals surface area contributed by atoms with E-state index in [9.17, 15) is 4.79 Å². The lowest BCUT2D eigenvalue weighted by Crippen LogP contribution is -2.25. The second-order valence-corrected chi connectivity index (χ2v) is 8.05. The maximum atomic E-state index is 12.8. The molecule has 0 aliphatic carbocycles. The normalized spacial score (nSPS) is 18.5. The van der Waals surface area contributed by atoms with Gasteiger partial charge in [-0.05, 0) is 34.5 Å². The maximum Gasteiger partial charge on any atom is 0.339 e. The van der Waals surface area contributed by atoms with Crippen LogP contribution in [0.5, 0.6) is 0 Å². The molecular weight excluding hydrogens is 364 g/mol. The predicted molar refractivity (Wildman–Crippen MR) is 114 cm³/mol. The van der Waals surface area contributed by atoms with E-state index in [0.717, 1.165) is 26.8 Å². The quantitative estimate of drug-likeness (QED) is 0.374. The first-order chi connectivity index (χ1) is 13.8. The van der Waals surface area contributed by atoms with Crippen molar-refractivity contribution in [1.29, 1.82) is 0 Å². The van der Waals surface area contributed by atoms with Crippen molar-refractivity contribution in [2.45, 2.75) is 16.2 Å². The number of hydrogen-bond donors (Lipinski definition) is 0. The summed E-state index contributed by atoms with van der Waals surface area (Å²) in [6, 6.07) is 32.6. The summed E-state index contributed by atoms with van der Waals surface area (Å²) in [5.74, 6) is -0.251. The van der Waals surface area contributed by atoms with Crippen LogP contribution in [0.2, 0.25) is 0 Å². The number of benzene rings is 4. The van der Waals surface area contributed by atoms with Crippen molar-refractivity contribution < 1.29 is 9.53 Å². The molecule has 4 aromatic carbocycles. The van der Waals surface area contributed by atoms with E-state index in [0.29, 0.717) is 5.56 Å². The molecule has 1 heterocycles. The van der Waals surface area contributed by atoms with E-state index in [1.807, 2.05) is 54.6 Å². The molecule has 1 aliphatic rings. The van der Waals surface area contributed by atoms with Crippen LogP contribution in [-0.4, -0.2) is 5.97 Å². The highest BCUT2D eigenvalue weighted by Gasteiger charge is 2.37. The Morgan fingerprint density at radius 1 is 0.679 bits per heavy atom. The third kappa shape index (κ3) is 2.98. The number of esters is 1. The summed E-state index contributed by atoms with van der Waals surface area (Å²) in [6.07, 6.45) is -0.348. The fraction of sp³-hybridized carbons (Fsp3) is 0.0800. The van der Waals surface area contributed by atoms with Crippen LogP contribution in [0, 0.1) is 0 Å². The van der Waals surface area contributed by atoms with Crippen LogP contribution < -0.4 is 0 Å². The number of hydrogen-bond acceptors (Lipinski definition) is 3. The minimum atomic E-state index is -0.348. The van der Waals surface area contributed by atoms with Gasteiger partial charge in [-0.3, -0.25) is 0 Å². The van der Waals surface area contributed by atoms with Crippen molar-refractivity contribution in [3.63, 3.8) is 0 Å². The molecule has 0 unspecified atom stereocenters. The summed E-state index contributed by atoms with van der Waals surface area (Å²) >= 11 is 1.74. The first-order valence-electron chi connectivity index (χ1n) is 9.30. The minimum Gasteiger partial charge on any atom is -0.452 e. The van der Waals surface area contributed by atoms with Gasteiger partial charge in [0.25, 0.3) is 0 Å². The fourth-order valence-corrected chi connectivity index (χ4v) is 5.10. The summed E-state index contributed by atoms with van der Waals surface area (Å²) < 4.78 is 6.03. The summed E-state index contributed by atoms with van der Waals surface area (Å²) in [5.41, 5.74) is 2.74. The second-order valence-electron chi connectivity index (χ2n) is 6.83. The monoisotopic (exact) mass is 382 g/mol. The van der Waals surface area contributed by atoms with Gasteiger partial charge in [0.2, 0.25) is 0 Å². The Kier molecular flexibility index (Phi) is 4.38. The molecule has 0 saturated heterocycles. The lowest BCUT2D eigenvalue weighted by Gasteiger charge is -2.33. The largest absolute Gasteiger partial charge is 0.452 e. The highest BCUT2D eigenvalue weighted by atomic mass is 32.2. The first-order valence-corrected chi connectivity index (χ1v) is 10.2. The van der Waals surface area contributed by atoms with Gasteiger partial charge in [0.1, 0.15) is 6.10 Å². The number of rotatable bonds is 3. The Hall–Kier alpha value is -3.04. The van der Waals surface area contributed by atoms with E-state index in [-0.39, 0.29) is 17.3 Å². The number of carbonyl (C=O) groups is 1. The average Bonchev–Trinajstić information content (AvgIpc) is 2.76. The van der Waals surface area contributed by atoms with Crippen LogP contribution in [0.1, 0.15) is 32.8 Å². The highest BCUT2D eigenvalue weighted by molar-refractivity contribution is 7.99. The molecule has 5 rings (SSSR count). The standard InChI is InChI=1S/C25H18O2S/c26-25-22-15-7-6-14-21(22)24(28-18-11-2-1-3-12-18)23(27-25)20-16-8-10-17-9-4-5-13-19(17)20/h1-16,23-24H/t23-,24+/m0/s1. The summed E-state index contributed by atoms with van der Waals surface area (Å²) in [6.45, 7) is 0. The van der Waals surface area contributed by atoms with E-state index >= 15 is 0 Å². The molecule has 2 atom stereocenters. The van der Waals surface area contributed by atoms with Crippen molar-refractivity contribution in [3.05, 3.63) is 114 Å². The molecule has 0 spiro atoms. The first kappa shape index (κ1) is 17.1. The molecule has 0 bridgehead atoms. The molecule has 0 saturated carbocycles. The molecule has 0 N–H and O–H groups in total. The molecule has 0 radical (unpaired) electrons. The SMILES string of the molecule is O=C1O[C@@H](c2cccc3ccccc23)[C@H](Sc2ccccc2)c2ccccc21. The molecule has 4 aromatic rings. The fourth-order valence-electron chi connectivity index (χ4n) is 3.83. The van der Waals surface area contributed by atoms with Crippen LogP contribution in [0.15, 0.2) is 102 Å². The van der Waals surface area contributed by atoms with E-state index in [1.54, 1.807) is 11.8 Å². The van der Waals surface area contributed by atoms with Crippen molar-refractivity contribution in [2.75, 3.05) is 0 Å². The smallest absolute Gasteiger partial charge is 0.339 e. The number of carbonyl (C=O) groups excluding carboxylic acids is 1. The van der Waals surface area contributed by atoms with Crippen LogP contribution in [0.25, 0.3) is 10.8 Å². The lowest BCUT2D eigenvalue weighted by molar-refractivity contribution is 0.0248. The summed E-state index contributed by atoms with van der Waals surface area (Å²) in [7, 11) is 0. The Balaban J connectivity index is 1.68. The number of cyclic esters (lactones) is 1. The van der Waals surface area contributed by atoms with E-state index in [1.165, 1.54) is 0 Å². The van der Waals surface area contributed by atoms with Crippen LogP contribution >= 0.6 is 11.8 Å². The zero-order chi connectivity index (χ0) is 18.9. The van der Waals surface area contributed by atoms with Crippen LogP contribution in [-0.2, 0) is 4.74 Å². The van der Waals surface area contributed by atoms with E-state index in [2.05, 4.69) is 42.5 Å². The minimum absolute atomic E-state index is 0.0119. The van der Waals surface area contributed by atoms with Crippen molar-refractivity contribution in [2.24, 2.45) is 0 Å². The Bertz CT molecular complexity index is 1150. The maximum absolute atomic E-state index is 12.8. The van der Waals surface area contributed by atoms with Gasteiger partial charge in [0.15, 0.2) is 0 Å². The highest BCUT2D eigenvalue weighted by Crippen LogP contribution is 2.50. The van der Waals surface area contributed by atoms with Gasteiger partial charge in [0.05, 0.1) is 10.8 Å². The molecule has 28 heavy (non-hydrogen) atoms. The summed E-state index contributed by atoms with van der Waals surface area (Å²) in [4.78, 5) is 13.9. The molecule has 0 aromatic heterocycles. The molecule has 2 nitrogen and oxygen atoms in total. The topological polar surface area (TPSA) is 26.3 Å². The Morgan fingerprint density at radius 3 is 2.25 bits per heavy atom. The van der Waals surface area contributed by atoms with Crippen molar-refractivity contribution in [1.82, 2.24) is 0 Å². The molecule has 0 fully saturated rings. The zero-order valence-electron chi connectivity index (χ0n) is 15.1. The number of thioether (sulfide) groups is 1. The lowest BCUT2D eigenvalue weighted by atomic mass is 9.91. The van der Waals surface area contributed by atoms with Gasteiger partial charge in [-0.1, -0.05) is 78.9 Å². The molecule has 1 aliphatic heterocycles. The van der Waals surface area contributed by atoms with Gasteiger partial charge in [-0.25, -0.2) is 4.79 Å². The number of fused-ring (bicyclic) bond motifs is 2. The average molecular weight is 382 g/mol. The molecule has 136 valence electrons. The van der Waals surface area contributed by atoms with E-state index in [4.69, 9.17) is 4.74 Å². The van der Waals surface area contributed by atoms with Gasteiger partial charge >= 0.3 is 5.97 Å². The van der Waals surface area contributed by atoms with E-state index < -0.39 is 0 Å². The van der Waals surface area contributed by atoms with Crippen LogP contribution in [0.3, 0.4) is 0 Å². The second kappa shape index (κ2) is 7.17. The van der Waals surface area contributed by atoms with Gasteiger partial charge in [0, 0.05) is 10.5 Å². The number of ether oxygens (including phenoxy) is 1. The van der Waals surface area contributed by atoms with Crippen LogP contribution in [0.4, 0.5) is 0 Å². The Labute approximate surface area is 168 Å². The van der Waals surface area contributed by atoms with Gasteiger partial charge < -0.3 is 4.74 Å². The summed E-state index contributed by atoms with van der Waals surface area (Å²) in [5, 5.41) is 2.27. The van der Waals surface area contributed by atoms with Gasteiger partial charge in [-0.2, -0.15) is 0 Å². The zero-order valence-corrected chi connectivity index (χ0v) is 15.9.